The van der Waals surface area contributed by atoms with Crippen LogP contribution in [-0.4, -0.2) is 45.5 Å². The Balaban J connectivity index is 1.16. The van der Waals surface area contributed by atoms with Gasteiger partial charge in [0.1, 0.15) is 22.9 Å². The lowest BCUT2D eigenvalue weighted by Crippen LogP contribution is -2.84. The van der Waals surface area contributed by atoms with Crippen LogP contribution in [0.2, 0.25) is 10.0 Å². The van der Waals surface area contributed by atoms with Crippen molar-refractivity contribution in [3.63, 3.8) is 0 Å². The molecular weight excluding hydrogens is 597 g/mol. The number of amides is 3. The molecule has 3 aliphatic carbocycles. The number of aromatic nitrogens is 2. The summed E-state index contributed by atoms with van der Waals surface area (Å²) in [4.78, 5) is 41.8. The van der Waals surface area contributed by atoms with E-state index in [0.717, 1.165) is 6.07 Å². The van der Waals surface area contributed by atoms with E-state index >= 15 is 0 Å². The fraction of sp³-hybridized carbons (Fsp3) is 0.320. The molecule has 0 aliphatic heterocycles. The molecule has 0 spiro atoms. The van der Waals surface area contributed by atoms with Crippen molar-refractivity contribution in [2.24, 2.45) is 0 Å². The SMILES string of the molecule is Cc1onc(C(=O)NC23CC(NC(=O)COc4ccc(Cl)c(F)c4)(C2)C3)c1C(=O)Nc1ncc(C(F)(F)F)cc1Cl. The van der Waals surface area contributed by atoms with Crippen molar-refractivity contribution < 1.29 is 41.2 Å². The normalized spacial score (nSPS) is 20.9. The van der Waals surface area contributed by atoms with Gasteiger partial charge < -0.3 is 25.2 Å². The van der Waals surface area contributed by atoms with E-state index in [1.54, 1.807) is 0 Å². The fourth-order valence-corrected chi connectivity index (χ4v) is 5.38. The van der Waals surface area contributed by atoms with Crippen molar-refractivity contribution in [2.45, 2.75) is 43.4 Å². The Morgan fingerprint density at radius 2 is 1.73 bits per heavy atom. The quantitative estimate of drug-likeness (QED) is 0.313. The lowest BCUT2D eigenvalue weighted by Gasteiger charge is -2.70. The maximum atomic E-state index is 13.5. The molecule has 3 amide bonds. The second-order valence-electron chi connectivity index (χ2n) is 9.93. The number of nitrogens with one attached hydrogen (secondary N) is 3. The molecule has 2 aromatic heterocycles. The van der Waals surface area contributed by atoms with Crippen molar-refractivity contribution in [3.05, 3.63) is 68.9 Å². The number of benzene rings is 1. The minimum atomic E-state index is -4.68. The first-order valence-corrected chi connectivity index (χ1v) is 12.7. The van der Waals surface area contributed by atoms with Gasteiger partial charge in [0.2, 0.25) is 0 Å². The van der Waals surface area contributed by atoms with Crippen LogP contribution in [0.25, 0.3) is 0 Å². The molecule has 0 radical (unpaired) electrons. The van der Waals surface area contributed by atoms with Crippen LogP contribution >= 0.6 is 23.2 Å². The summed E-state index contributed by atoms with van der Waals surface area (Å²) in [7, 11) is 0. The monoisotopic (exact) mass is 615 g/mol. The number of alkyl halides is 3. The highest BCUT2D eigenvalue weighted by Gasteiger charge is 2.69. The molecule has 2 bridgehead atoms. The standard InChI is InChI=1S/C25H19Cl2F4N5O5/c1-11-18(21(38)33-20-15(27)4-12(6-32-20)25(29,30)31)19(36-41-11)22(39)35-24-8-23(9-24,10-24)34-17(37)7-40-13-2-3-14(26)16(28)5-13/h2-6H,7-10H2,1H3,(H,34,37)(H,35,39)(H,32,33,38). The molecule has 0 atom stereocenters. The van der Waals surface area contributed by atoms with E-state index < -0.39 is 51.4 Å². The van der Waals surface area contributed by atoms with E-state index in [9.17, 15) is 31.9 Å². The summed E-state index contributed by atoms with van der Waals surface area (Å²) in [6.45, 7) is 1.03. The zero-order chi connectivity index (χ0) is 29.7. The minimum Gasteiger partial charge on any atom is -0.484 e. The van der Waals surface area contributed by atoms with Gasteiger partial charge in [0.05, 0.1) is 15.6 Å². The number of hydrogen-bond donors (Lipinski definition) is 3. The molecule has 3 N–H and O–H groups in total. The topological polar surface area (TPSA) is 135 Å². The summed E-state index contributed by atoms with van der Waals surface area (Å²) in [5.74, 6) is -2.96. The van der Waals surface area contributed by atoms with Crippen LogP contribution in [0.4, 0.5) is 23.4 Å². The molecule has 0 saturated heterocycles. The summed E-state index contributed by atoms with van der Waals surface area (Å²) < 4.78 is 62.4. The fourth-order valence-electron chi connectivity index (χ4n) is 5.05. The first-order chi connectivity index (χ1) is 19.2. The van der Waals surface area contributed by atoms with Crippen LogP contribution < -0.4 is 20.7 Å². The van der Waals surface area contributed by atoms with Gasteiger partial charge in [0, 0.05) is 23.3 Å². The third kappa shape index (κ3) is 5.66. The molecule has 216 valence electrons. The number of pyridine rings is 1. The molecule has 3 aliphatic rings. The molecule has 16 heteroatoms. The van der Waals surface area contributed by atoms with Crippen LogP contribution in [0.3, 0.4) is 0 Å². The zero-order valence-corrected chi connectivity index (χ0v) is 22.4. The van der Waals surface area contributed by atoms with Crippen LogP contribution in [0, 0.1) is 12.7 Å². The van der Waals surface area contributed by atoms with E-state index in [-0.39, 0.29) is 40.2 Å². The van der Waals surface area contributed by atoms with Crippen molar-refractivity contribution in [1.29, 1.82) is 0 Å². The van der Waals surface area contributed by atoms with E-state index in [0.29, 0.717) is 31.5 Å². The maximum Gasteiger partial charge on any atom is 0.417 e. The molecule has 3 saturated carbocycles. The van der Waals surface area contributed by atoms with Crippen molar-refractivity contribution >= 4 is 46.7 Å². The number of nitrogens with zero attached hydrogens (tertiary/aromatic N) is 2. The van der Waals surface area contributed by atoms with Crippen molar-refractivity contribution in [3.8, 4) is 5.75 Å². The molecular formula is C25H19Cl2F4N5O5. The van der Waals surface area contributed by atoms with Gasteiger partial charge in [-0.2, -0.15) is 13.2 Å². The highest BCUT2D eigenvalue weighted by atomic mass is 35.5. The third-order valence-electron chi connectivity index (χ3n) is 6.78. The van der Waals surface area contributed by atoms with Crippen LogP contribution in [0.1, 0.15) is 51.4 Å². The number of anilines is 1. The number of carbonyl (C=O) groups excluding carboxylic acids is 3. The first-order valence-electron chi connectivity index (χ1n) is 11.9. The second-order valence-corrected chi connectivity index (χ2v) is 10.7. The van der Waals surface area contributed by atoms with Crippen LogP contribution in [0.5, 0.6) is 5.75 Å². The Morgan fingerprint density at radius 1 is 1.05 bits per heavy atom. The Labute approximate surface area is 238 Å². The van der Waals surface area contributed by atoms with Gasteiger partial charge in [-0.1, -0.05) is 28.4 Å². The van der Waals surface area contributed by atoms with Crippen LogP contribution in [0.15, 0.2) is 35.0 Å². The Bertz CT molecular complexity index is 1560. The summed E-state index contributed by atoms with van der Waals surface area (Å²) in [6, 6.07) is 4.41. The Morgan fingerprint density at radius 3 is 2.37 bits per heavy atom. The highest BCUT2D eigenvalue weighted by Crippen LogP contribution is 2.60. The summed E-state index contributed by atoms with van der Waals surface area (Å²) in [6.07, 6.45) is -2.93. The second kappa shape index (κ2) is 10.2. The summed E-state index contributed by atoms with van der Waals surface area (Å²) in [5, 5.41) is 11.1. The van der Waals surface area contributed by atoms with Gasteiger partial charge in [-0.15, -0.1) is 0 Å². The van der Waals surface area contributed by atoms with Crippen molar-refractivity contribution in [1.82, 2.24) is 20.8 Å². The zero-order valence-electron chi connectivity index (χ0n) is 20.9. The minimum absolute atomic E-state index is 0.0161. The molecule has 3 fully saturated rings. The van der Waals surface area contributed by atoms with Gasteiger partial charge in [-0.3, -0.25) is 14.4 Å². The number of hydrogen-bond acceptors (Lipinski definition) is 7. The number of halogens is 6. The van der Waals surface area contributed by atoms with E-state index in [4.69, 9.17) is 32.5 Å². The molecule has 6 rings (SSSR count). The number of ether oxygens (including phenoxy) is 1. The Hall–Kier alpha value is -3.91. The predicted octanol–water partition coefficient (Wildman–Crippen LogP) is 4.70. The van der Waals surface area contributed by atoms with Gasteiger partial charge in [0.15, 0.2) is 18.1 Å². The first kappa shape index (κ1) is 28.6. The molecule has 10 nitrogen and oxygen atoms in total. The molecule has 1 aromatic carbocycles. The lowest BCUT2D eigenvalue weighted by atomic mass is 9.44. The molecule has 41 heavy (non-hydrogen) atoms. The Kier molecular flexibility index (Phi) is 7.10. The number of aryl methyl sites for hydroxylation is 1. The van der Waals surface area contributed by atoms with Gasteiger partial charge >= 0.3 is 6.18 Å². The summed E-state index contributed by atoms with van der Waals surface area (Å²) >= 11 is 11.5. The lowest BCUT2D eigenvalue weighted by molar-refractivity contribution is -0.141. The maximum absolute atomic E-state index is 13.5. The number of rotatable bonds is 8. The molecule has 3 aromatic rings. The predicted molar refractivity (Wildman–Crippen MR) is 135 cm³/mol. The van der Waals surface area contributed by atoms with Gasteiger partial charge in [-0.25, -0.2) is 9.37 Å². The van der Waals surface area contributed by atoms with E-state index in [2.05, 4.69) is 26.1 Å². The van der Waals surface area contributed by atoms with Gasteiger partial charge in [-0.05, 0) is 44.4 Å². The van der Waals surface area contributed by atoms with Gasteiger partial charge in [0.25, 0.3) is 17.7 Å². The summed E-state index contributed by atoms with van der Waals surface area (Å²) in [5.41, 5.74) is -2.85. The molecule has 0 unspecified atom stereocenters. The average molecular weight is 616 g/mol. The number of carbonyl (C=O) groups is 3. The van der Waals surface area contributed by atoms with E-state index in [1.807, 2.05) is 0 Å². The highest BCUT2D eigenvalue weighted by molar-refractivity contribution is 6.33. The van der Waals surface area contributed by atoms with E-state index in [1.165, 1.54) is 19.1 Å². The third-order valence-corrected chi connectivity index (χ3v) is 7.37. The molecule has 2 heterocycles. The van der Waals surface area contributed by atoms with Crippen LogP contribution in [-0.2, 0) is 11.0 Å². The average Bonchev–Trinajstić information content (AvgIpc) is 3.24. The van der Waals surface area contributed by atoms with Crippen molar-refractivity contribution in [2.75, 3.05) is 11.9 Å². The smallest absolute Gasteiger partial charge is 0.417 e. The largest absolute Gasteiger partial charge is 0.484 e.